The summed E-state index contributed by atoms with van der Waals surface area (Å²) in [6.45, 7) is 0.0585. The molecule has 0 saturated heterocycles. The molecule has 0 atom stereocenters. The van der Waals surface area contributed by atoms with Crippen LogP contribution in [0, 0.1) is 0 Å². The van der Waals surface area contributed by atoms with E-state index in [1.54, 1.807) is 12.1 Å². The number of carboxylic acids is 1. The number of fused-ring (bicyclic) bond motifs is 1. The van der Waals surface area contributed by atoms with Gasteiger partial charge in [0.05, 0.1) is 11.1 Å². The quantitative estimate of drug-likeness (QED) is 0.664. The van der Waals surface area contributed by atoms with Crippen molar-refractivity contribution in [2.75, 3.05) is 5.32 Å². The zero-order valence-corrected chi connectivity index (χ0v) is 14.8. The Morgan fingerprint density at radius 3 is 2.58 bits per heavy atom. The maximum absolute atomic E-state index is 12.1. The molecule has 1 aromatic heterocycles. The number of amides is 1. The van der Waals surface area contributed by atoms with Gasteiger partial charge < -0.3 is 14.3 Å². The fourth-order valence-corrected chi connectivity index (χ4v) is 2.75. The summed E-state index contributed by atoms with van der Waals surface area (Å²) in [6, 6.07) is 12.9. The fourth-order valence-electron chi connectivity index (χ4n) is 2.29. The van der Waals surface area contributed by atoms with Crippen LogP contribution in [0.25, 0.3) is 11.0 Å². The lowest BCUT2D eigenvalue weighted by Gasteiger charge is -2.10. The van der Waals surface area contributed by atoms with Crippen molar-refractivity contribution < 1.29 is 23.8 Å². The van der Waals surface area contributed by atoms with Crippen LogP contribution >= 0.6 is 15.9 Å². The van der Waals surface area contributed by atoms with Crippen molar-refractivity contribution in [3.63, 3.8) is 0 Å². The van der Waals surface area contributed by atoms with Crippen molar-refractivity contribution in [2.24, 2.45) is 0 Å². The molecule has 2 aromatic carbocycles. The zero-order chi connectivity index (χ0) is 18.7. The van der Waals surface area contributed by atoms with Gasteiger partial charge in [0, 0.05) is 10.5 Å². The van der Waals surface area contributed by atoms with Crippen LogP contribution in [0.4, 0.5) is 10.5 Å². The largest absolute Gasteiger partial charge is 0.475 e. The van der Waals surface area contributed by atoms with Gasteiger partial charge in [-0.05, 0) is 17.7 Å². The number of hydrogen-bond acceptors (Lipinski definition) is 5. The van der Waals surface area contributed by atoms with Crippen LogP contribution in [0.15, 0.2) is 62.2 Å². The van der Waals surface area contributed by atoms with E-state index in [0.29, 0.717) is 4.47 Å². The maximum Gasteiger partial charge on any atom is 0.412 e. The minimum atomic E-state index is -1.38. The standard InChI is InChI=1S/C18H12BrNO6/c19-11-6-12-14(21)8-15(17(22)23)26-16(12)13(7-11)20-18(24)25-9-10-4-2-1-3-5-10/h1-8H,9H2,(H,20,24)(H,22,23). The van der Waals surface area contributed by atoms with Gasteiger partial charge in [0.1, 0.15) is 6.61 Å². The first-order valence-corrected chi connectivity index (χ1v) is 8.22. The Labute approximate surface area is 155 Å². The lowest BCUT2D eigenvalue weighted by Crippen LogP contribution is -2.15. The molecule has 3 aromatic rings. The summed E-state index contributed by atoms with van der Waals surface area (Å²) in [7, 11) is 0. The summed E-state index contributed by atoms with van der Waals surface area (Å²) in [4.78, 5) is 35.3. The Morgan fingerprint density at radius 2 is 1.88 bits per heavy atom. The number of aromatic carboxylic acids is 1. The topological polar surface area (TPSA) is 106 Å². The molecule has 1 amide bonds. The zero-order valence-electron chi connectivity index (χ0n) is 13.2. The number of halogens is 1. The average Bonchev–Trinajstić information content (AvgIpc) is 2.61. The van der Waals surface area contributed by atoms with Gasteiger partial charge in [-0.2, -0.15) is 0 Å². The molecule has 3 rings (SSSR count). The molecule has 0 aliphatic heterocycles. The van der Waals surface area contributed by atoms with Crippen molar-refractivity contribution in [3.05, 3.63) is 74.6 Å². The summed E-state index contributed by atoms with van der Waals surface area (Å²) < 4.78 is 10.9. The summed E-state index contributed by atoms with van der Waals surface area (Å²) in [5.74, 6) is -1.91. The van der Waals surface area contributed by atoms with Gasteiger partial charge in [-0.1, -0.05) is 46.3 Å². The molecule has 0 bridgehead atoms. The molecule has 0 spiro atoms. The highest BCUT2D eigenvalue weighted by Crippen LogP contribution is 2.27. The maximum atomic E-state index is 12.1. The highest BCUT2D eigenvalue weighted by Gasteiger charge is 2.16. The number of carbonyl (C=O) groups is 2. The Balaban J connectivity index is 1.90. The number of hydrogen-bond donors (Lipinski definition) is 2. The van der Waals surface area contributed by atoms with E-state index in [-0.39, 0.29) is 23.3 Å². The number of ether oxygens (including phenoxy) is 1. The summed E-state index contributed by atoms with van der Waals surface area (Å²) in [5.41, 5.74) is 0.342. The molecule has 1 heterocycles. The Hall–Kier alpha value is -3.13. The van der Waals surface area contributed by atoms with Crippen molar-refractivity contribution in [1.29, 1.82) is 0 Å². The van der Waals surface area contributed by atoms with E-state index in [1.807, 2.05) is 18.2 Å². The molecule has 7 nitrogen and oxygen atoms in total. The second-order valence-corrected chi connectivity index (χ2v) is 6.21. The van der Waals surface area contributed by atoms with Crippen LogP contribution in [0.5, 0.6) is 0 Å². The van der Waals surface area contributed by atoms with E-state index in [4.69, 9.17) is 14.3 Å². The van der Waals surface area contributed by atoms with E-state index in [2.05, 4.69) is 21.2 Å². The van der Waals surface area contributed by atoms with Crippen LogP contribution in [0.1, 0.15) is 16.1 Å². The molecule has 8 heteroatoms. The van der Waals surface area contributed by atoms with Crippen molar-refractivity contribution in [2.45, 2.75) is 6.61 Å². The third kappa shape index (κ3) is 3.92. The number of benzene rings is 2. The molecule has 132 valence electrons. The molecule has 0 radical (unpaired) electrons. The van der Waals surface area contributed by atoms with Crippen LogP contribution < -0.4 is 10.7 Å². The van der Waals surface area contributed by atoms with Gasteiger partial charge >= 0.3 is 12.1 Å². The first-order chi connectivity index (χ1) is 12.4. The van der Waals surface area contributed by atoms with Crippen molar-refractivity contribution in [3.8, 4) is 0 Å². The van der Waals surface area contributed by atoms with Gasteiger partial charge in [-0.3, -0.25) is 10.1 Å². The minimum Gasteiger partial charge on any atom is -0.475 e. The second-order valence-electron chi connectivity index (χ2n) is 5.30. The molecule has 0 fully saturated rings. The monoisotopic (exact) mass is 417 g/mol. The van der Waals surface area contributed by atoms with Crippen LogP contribution in [0.3, 0.4) is 0 Å². The third-order valence-electron chi connectivity index (χ3n) is 3.45. The molecule has 0 aliphatic rings. The van der Waals surface area contributed by atoms with E-state index in [1.165, 1.54) is 12.1 Å². The van der Waals surface area contributed by atoms with Gasteiger partial charge in [0.15, 0.2) is 11.0 Å². The normalized spacial score (nSPS) is 10.5. The number of rotatable bonds is 4. The van der Waals surface area contributed by atoms with E-state index < -0.39 is 23.3 Å². The highest BCUT2D eigenvalue weighted by atomic mass is 79.9. The fraction of sp³-hybridized carbons (Fsp3) is 0.0556. The predicted octanol–water partition coefficient (Wildman–Crippen LogP) is 4.00. The second kappa shape index (κ2) is 7.40. The lowest BCUT2D eigenvalue weighted by atomic mass is 10.2. The van der Waals surface area contributed by atoms with Crippen LogP contribution in [-0.4, -0.2) is 17.2 Å². The summed E-state index contributed by atoms with van der Waals surface area (Å²) >= 11 is 3.24. The smallest absolute Gasteiger partial charge is 0.412 e. The van der Waals surface area contributed by atoms with Crippen LogP contribution in [0.2, 0.25) is 0 Å². The molecule has 0 aliphatic carbocycles. The molecule has 0 unspecified atom stereocenters. The highest BCUT2D eigenvalue weighted by molar-refractivity contribution is 9.10. The Kier molecular flexibility index (Phi) is 5.04. The van der Waals surface area contributed by atoms with Gasteiger partial charge in [0.2, 0.25) is 5.76 Å². The van der Waals surface area contributed by atoms with Crippen molar-refractivity contribution >= 4 is 44.6 Å². The minimum absolute atomic E-state index is 0.0465. The third-order valence-corrected chi connectivity index (χ3v) is 3.91. The van der Waals surface area contributed by atoms with Crippen LogP contribution in [-0.2, 0) is 11.3 Å². The van der Waals surface area contributed by atoms with Gasteiger partial charge in [0.25, 0.3) is 0 Å². The van der Waals surface area contributed by atoms with E-state index in [0.717, 1.165) is 11.6 Å². The van der Waals surface area contributed by atoms with Crippen molar-refractivity contribution in [1.82, 2.24) is 0 Å². The van der Waals surface area contributed by atoms with E-state index >= 15 is 0 Å². The number of nitrogens with one attached hydrogen (secondary N) is 1. The van der Waals surface area contributed by atoms with Gasteiger partial charge in [-0.25, -0.2) is 9.59 Å². The molecular weight excluding hydrogens is 406 g/mol. The number of carbonyl (C=O) groups excluding carboxylic acids is 1. The molecule has 26 heavy (non-hydrogen) atoms. The lowest BCUT2D eigenvalue weighted by molar-refractivity contribution is 0.0663. The average molecular weight is 418 g/mol. The summed E-state index contributed by atoms with van der Waals surface area (Å²) in [5, 5.41) is 11.7. The molecule has 0 saturated carbocycles. The predicted molar refractivity (Wildman–Crippen MR) is 97.4 cm³/mol. The Morgan fingerprint density at radius 1 is 1.15 bits per heavy atom. The Bertz CT molecular complexity index is 1040. The number of anilines is 1. The molecule has 2 N–H and O–H groups in total. The van der Waals surface area contributed by atoms with E-state index in [9.17, 15) is 14.4 Å². The summed E-state index contributed by atoms with van der Waals surface area (Å²) in [6.07, 6.45) is -0.767. The first kappa shape index (κ1) is 17.7. The van der Waals surface area contributed by atoms with Gasteiger partial charge in [-0.15, -0.1) is 0 Å². The SMILES string of the molecule is O=C(Nc1cc(Br)cc2c(=O)cc(C(=O)O)oc12)OCc1ccccc1. The first-order valence-electron chi connectivity index (χ1n) is 7.42. The molecular formula is C18H12BrNO6. The number of carboxylic acid groups (broad SMARTS) is 1.